The largest absolute Gasteiger partial charge is 0.484 e. The van der Waals surface area contributed by atoms with Crippen LogP contribution in [0.5, 0.6) is 17.2 Å². The van der Waals surface area contributed by atoms with Crippen molar-refractivity contribution in [2.45, 2.75) is 13.1 Å². The zero-order chi connectivity index (χ0) is 26.0. The Hall–Kier alpha value is -3.69. The van der Waals surface area contributed by atoms with Crippen molar-refractivity contribution in [2.24, 2.45) is 0 Å². The lowest BCUT2D eigenvalue weighted by Crippen LogP contribution is -2.20. The van der Waals surface area contributed by atoms with Gasteiger partial charge in [-0.3, -0.25) is 9.59 Å². The monoisotopic (exact) mass is 537 g/mol. The number of carbonyl (C=O) groups excluding carboxylic acids is 1. The molecule has 36 heavy (non-hydrogen) atoms. The minimum absolute atomic E-state index is 0.00156. The number of halogens is 5. The average molecular weight is 538 g/mol. The Bertz CT molecular complexity index is 1500. The van der Waals surface area contributed by atoms with Crippen molar-refractivity contribution >= 4 is 45.8 Å². The molecule has 1 heterocycles. The Morgan fingerprint density at radius 1 is 1.00 bits per heavy atom. The minimum atomic E-state index is -5.01. The van der Waals surface area contributed by atoms with E-state index in [1.54, 1.807) is 25.1 Å². The summed E-state index contributed by atoms with van der Waals surface area (Å²) < 4.78 is 56.9. The molecule has 0 saturated carbocycles. The van der Waals surface area contributed by atoms with E-state index in [0.29, 0.717) is 5.02 Å². The van der Waals surface area contributed by atoms with Gasteiger partial charge in [0.05, 0.1) is 16.1 Å². The summed E-state index contributed by atoms with van der Waals surface area (Å²) in [6.07, 6.45) is -5.01. The summed E-state index contributed by atoms with van der Waals surface area (Å²) in [6.45, 7) is 1.30. The van der Waals surface area contributed by atoms with Crippen molar-refractivity contribution < 1.29 is 31.9 Å². The molecule has 1 N–H and O–H groups in total. The molecule has 0 aliphatic rings. The van der Waals surface area contributed by atoms with Gasteiger partial charge in [0.15, 0.2) is 6.61 Å². The van der Waals surface area contributed by atoms with Gasteiger partial charge in [-0.1, -0.05) is 40.9 Å². The molecule has 0 fully saturated rings. The van der Waals surface area contributed by atoms with Gasteiger partial charge < -0.3 is 19.2 Å². The number of alkyl halides is 3. The molecule has 0 saturated heterocycles. The van der Waals surface area contributed by atoms with Gasteiger partial charge in [-0.15, -0.1) is 0 Å². The number of amides is 1. The number of fused-ring (bicyclic) bond motifs is 1. The molecule has 1 aromatic heterocycles. The van der Waals surface area contributed by atoms with Gasteiger partial charge in [0.2, 0.25) is 11.2 Å². The third kappa shape index (κ3) is 5.75. The summed E-state index contributed by atoms with van der Waals surface area (Å²) in [5, 5.41) is 2.96. The second-order valence-corrected chi connectivity index (χ2v) is 8.46. The summed E-state index contributed by atoms with van der Waals surface area (Å²) in [4.78, 5) is 25.1. The predicted octanol–water partition coefficient (Wildman–Crippen LogP) is 7.24. The molecule has 3 aromatic carbocycles. The maximum atomic E-state index is 13.7. The van der Waals surface area contributed by atoms with E-state index in [2.05, 4.69) is 5.32 Å². The lowest BCUT2D eigenvalue weighted by Gasteiger charge is -2.14. The molecule has 11 heteroatoms. The van der Waals surface area contributed by atoms with Crippen LogP contribution in [0, 0.1) is 6.92 Å². The highest BCUT2D eigenvalue weighted by atomic mass is 35.5. The number of ether oxygens (including phenoxy) is 2. The van der Waals surface area contributed by atoms with Gasteiger partial charge in [-0.05, 0) is 49.4 Å². The summed E-state index contributed by atoms with van der Waals surface area (Å²) in [6, 6.07) is 14.3. The first kappa shape index (κ1) is 25.4. The van der Waals surface area contributed by atoms with Crippen LogP contribution in [-0.2, 0) is 11.0 Å². The number of aryl methyl sites for hydroxylation is 1. The molecule has 0 aliphatic heterocycles. The number of benzene rings is 3. The Morgan fingerprint density at radius 2 is 1.69 bits per heavy atom. The lowest BCUT2D eigenvalue weighted by molar-refractivity contribution is -0.154. The van der Waals surface area contributed by atoms with Crippen molar-refractivity contribution in [2.75, 3.05) is 11.9 Å². The fourth-order valence-electron chi connectivity index (χ4n) is 3.18. The molecular weight excluding hydrogens is 522 g/mol. The molecule has 6 nitrogen and oxygen atoms in total. The van der Waals surface area contributed by atoms with Crippen LogP contribution in [0.25, 0.3) is 11.0 Å². The molecule has 0 radical (unpaired) electrons. The predicted molar refractivity (Wildman–Crippen MR) is 129 cm³/mol. The van der Waals surface area contributed by atoms with Crippen molar-refractivity contribution in [1.29, 1.82) is 0 Å². The molecule has 4 aromatic rings. The zero-order valence-electron chi connectivity index (χ0n) is 18.4. The van der Waals surface area contributed by atoms with Crippen molar-refractivity contribution in [3.8, 4) is 17.2 Å². The lowest BCUT2D eigenvalue weighted by atomic mass is 10.2. The van der Waals surface area contributed by atoms with Gasteiger partial charge in [0.1, 0.15) is 17.1 Å². The second-order valence-electron chi connectivity index (χ2n) is 7.62. The van der Waals surface area contributed by atoms with Crippen LogP contribution in [0.4, 0.5) is 18.9 Å². The smallest absolute Gasteiger partial charge is 0.453 e. The van der Waals surface area contributed by atoms with Crippen LogP contribution in [0.2, 0.25) is 10.0 Å². The van der Waals surface area contributed by atoms with E-state index < -0.39 is 35.6 Å². The van der Waals surface area contributed by atoms with E-state index >= 15 is 0 Å². The molecule has 0 aliphatic carbocycles. The molecular formula is C25H16Cl2F3NO5. The third-order valence-electron chi connectivity index (χ3n) is 4.89. The molecule has 0 atom stereocenters. The fraction of sp³-hybridized carbons (Fsp3) is 0.120. The van der Waals surface area contributed by atoms with E-state index in [1.807, 2.05) is 0 Å². The van der Waals surface area contributed by atoms with E-state index in [0.717, 1.165) is 11.6 Å². The molecule has 186 valence electrons. The quantitative estimate of drug-likeness (QED) is 0.280. The Labute approximate surface area is 212 Å². The van der Waals surface area contributed by atoms with E-state index in [1.165, 1.54) is 36.4 Å². The second kappa shape index (κ2) is 10.1. The van der Waals surface area contributed by atoms with Gasteiger partial charge >= 0.3 is 6.18 Å². The molecule has 0 unspecified atom stereocenters. The van der Waals surface area contributed by atoms with E-state index in [4.69, 9.17) is 37.1 Å². The Morgan fingerprint density at radius 3 is 2.39 bits per heavy atom. The standard InChI is InChI=1S/C25H16Cl2F3NO5/c1-13-2-5-15(6-3-13)35-23-22(33)17-8-7-16(11-20(17)36-24(23)25(28,29)30)34-12-21(32)31-19-10-14(26)4-9-18(19)27/h2-11H,12H2,1H3,(H,31,32). The summed E-state index contributed by atoms with van der Waals surface area (Å²) in [7, 11) is 0. The number of rotatable bonds is 6. The van der Waals surface area contributed by atoms with Gasteiger partial charge in [-0.25, -0.2) is 0 Å². The SMILES string of the molecule is Cc1ccc(Oc2c(C(F)(F)F)oc3cc(OCC(=O)Nc4cc(Cl)ccc4Cl)ccc3c2=O)cc1. The van der Waals surface area contributed by atoms with Crippen molar-refractivity contribution in [1.82, 2.24) is 0 Å². The molecule has 0 bridgehead atoms. The first-order valence-corrected chi connectivity index (χ1v) is 11.1. The van der Waals surface area contributed by atoms with Crippen LogP contribution in [0.15, 0.2) is 69.9 Å². The maximum absolute atomic E-state index is 13.7. The molecule has 1 amide bonds. The highest BCUT2D eigenvalue weighted by Gasteiger charge is 2.40. The first-order valence-electron chi connectivity index (χ1n) is 10.3. The van der Waals surface area contributed by atoms with Crippen molar-refractivity contribution in [3.05, 3.63) is 92.3 Å². The van der Waals surface area contributed by atoms with Gasteiger partial charge in [0, 0.05) is 11.1 Å². The molecule has 4 rings (SSSR count). The first-order chi connectivity index (χ1) is 17.0. The number of hydrogen-bond acceptors (Lipinski definition) is 5. The topological polar surface area (TPSA) is 77.8 Å². The van der Waals surface area contributed by atoms with E-state index in [-0.39, 0.29) is 33.2 Å². The number of hydrogen-bond donors (Lipinski definition) is 1. The van der Waals surface area contributed by atoms with Crippen LogP contribution >= 0.6 is 23.2 Å². The summed E-state index contributed by atoms with van der Waals surface area (Å²) in [5.74, 6) is -3.13. The molecule has 0 spiro atoms. The van der Waals surface area contributed by atoms with Crippen LogP contribution < -0.4 is 20.2 Å². The fourth-order valence-corrected chi connectivity index (χ4v) is 3.52. The highest BCUT2D eigenvalue weighted by molar-refractivity contribution is 6.35. The number of anilines is 1. The number of nitrogens with one attached hydrogen (secondary N) is 1. The Kier molecular flexibility index (Phi) is 7.14. The van der Waals surface area contributed by atoms with Crippen LogP contribution in [0.3, 0.4) is 0 Å². The average Bonchev–Trinajstić information content (AvgIpc) is 2.82. The maximum Gasteiger partial charge on any atom is 0.453 e. The van der Waals surface area contributed by atoms with Gasteiger partial charge in [-0.2, -0.15) is 13.2 Å². The Balaban J connectivity index is 1.60. The zero-order valence-corrected chi connectivity index (χ0v) is 19.9. The van der Waals surface area contributed by atoms with Crippen LogP contribution in [0.1, 0.15) is 11.3 Å². The van der Waals surface area contributed by atoms with Gasteiger partial charge in [0.25, 0.3) is 11.7 Å². The minimum Gasteiger partial charge on any atom is -0.484 e. The highest BCUT2D eigenvalue weighted by Crippen LogP contribution is 2.38. The summed E-state index contributed by atoms with van der Waals surface area (Å²) >= 11 is 11.9. The van der Waals surface area contributed by atoms with E-state index in [9.17, 15) is 22.8 Å². The number of carbonyl (C=O) groups is 1. The third-order valence-corrected chi connectivity index (χ3v) is 5.46. The normalized spacial score (nSPS) is 11.4. The van der Waals surface area contributed by atoms with Crippen molar-refractivity contribution in [3.63, 3.8) is 0 Å². The summed E-state index contributed by atoms with van der Waals surface area (Å²) in [5.41, 5.74) is -0.276. The van der Waals surface area contributed by atoms with Crippen LogP contribution in [-0.4, -0.2) is 12.5 Å².